The van der Waals surface area contributed by atoms with Crippen molar-refractivity contribution >= 4 is 21.9 Å². The van der Waals surface area contributed by atoms with Crippen LogP contribution in [0.4, 0.5) is 5.00 Å². The molecule has 5 nitrogen and oxygen atoms in total. The lowest BCUT2D eigenvalue weighted by Crippen LogP contribution is -2.20. The number of nitrogens with zero attached hydrogens (tertiary/aromatic N) is 4. The fourth-order valence-electron chi connectivity index (χ4n) is 2.14. The van der Waals surface area contributed by atoms with Crippen LogP contribution in [-0.2, 0) is 0 Å². The van der Waals surface area contributed by atoms with Gasteiger partial charge in [0.2, 0.25) is 0 Å². The summed E-state index contributed by atoms with van der Waals surface area (Å²) in [7, 11) is 0. The Morgan fingerprint density at radius 1 is 1.04 bits per heavy atom. The SMILES string of the molecule is CCN(CC)c1ccc(-c2ccc(C(C#N)=C(C#N)C#N)o2)s1. The van der Waals surface area contributed by atoms with E-state index in [0.717, 1.165) is 23.0 Å². The molecule has 0 aliphatic heterocycles. The molecule has 23 heavy (non-hydrogen) atoms. The number of nitriles is 3. The van der Waals surface area contributed by atoms with Crippen LogP contribution in [0.2, 0.25) is 0 Å². The van der Waals surface area contributed by atoms with Crippen LogP contribution < -0.4 is 4.90 Å². The Morgan fingerprint density at radius 2 is 1.74 bits per heavy atom. The maximum Gasteiger partial charge on any atom is 0.151 e. The molecule has 0 spiro atoms. The summed E-state index contributed by atoms with van der Waals surface area (Å²) in [5.41, 5.74) is -0.287. The first kappa shape index (κ1) is 16.4. The molecule has 0 aliphatic carbocycles. The van der Waals surface area contributed by atoms with Gasteiger partial charge in [0.05, 0.1) is 9.88 Å². The minimum absolute atomic E-state index is 0.0400. The third-order valence-electron chi connectivity index (χ3n) is 3.35. The predicted octanol–water partition coefficient (Wildman–Crippen LogP) is 4.18. The van der Waals surface area contributed by atoms with E-state index in [2.05, 4.69) is 18.7 Å². The standard InChI is InChI=1S/C17H14N4OS/c1-3-21(4-2)17-8-7-16(23-17)15-6-5-14(22-15)13(11-20)12(9-18)10-19/h5-8H,3-4H2,1-2H3. The second kappa shape index (κ2) is 7.31. The molecule has 0 amide bonds. The Hall–Kier alpha value is -3.01. The molecule has 0 saturated heterocycles. The van der Waals surface area contributed by atoms with Crippen LogP contribution >= 0.6 is 11.3 Å². The Morgan fingerprint density at radius 3 is 2.30 bits per heavy atom. The van der Waals surface area contributed by atoms with Crippen molar-refractivity contribution in [2.75, 3.05) is 18.0 Å². The van der Waals surface area contributed by atoms with E-state index in [0.29, 0.717) is 5.76 Å². The number of hydrogen-bond acceptors (Lipinski definition) is 6. The molecule has 0 saturated carbocycles. The predicted molar refractivity (Wildman–Crippen MR) is 89.3 cm³/mol. The Labute approximate surface area is 138 Å². The number of thiophene rings is 1. The third-order valence-corrected chi connectivity index (χ3v) is 4.51. The maximum absolute atomic E-state index is 9.16. The highest BCUT2D eigenvalue weighted by atomic mass is 32.1. The average molecular weight is 322 g/mol. The zero-order valence-electron chi connectivity index (χ0n) is 12.8. The fourth-order valence-corrected chi connectivity index (χ4v) is 3.24. The highest BCUT2D eigenvalue weighted by Crippen LogP contribution is 2.35. The lowest BCUT2D eigenvalue weighted by molar-refractivity contribution is 0.570. The maximum atomic E-state index is 9.16. The first-order valence-corrected chi connectivity index (χ1v) is 7.90. The molecule has 0 aromatic carbocycles. The van der Waals surface area contributed by atoms with Gasteiger partial charge in [-0.05, 0) is 38.1 Å². The summed E-state index contributed by atoms with van der Waals surface area (Å²) < 4.78 is 5.68. The molecule has 2 rings (SSSR count). The molecule has 0 aliphatic rings. The normalized spacial score (nSPS) is 9.52. The van der Waals surface area contributed by atoms with Crippen molar-refractivity contribution in [1.82, 2.24) is 0 Å². The zero-order chi connectivity index (χ0) is 16.8. The molecule has 0 bridgehead atoms. The molecule has 0 radical (unpaired) electrons. The fraction of sp³-hybridized carbons (Fsp3) is 0.235. The largest absolute Gasteiger partial charge is 0.454 e. The van der Waals surface area contributed by atoms with Crippen LogP contribution in [-0.4, -0.2) is 13.1 Å². The van der Waals surface area contributed by atoms with E-state index in [1.807, 2.05) is 18.2 Å². The molecule has 114 valence electrons. The molecule has 6 heteroatoms. The number of allylic oxidation sites excluding steroid dienone is 2. The van der Waals surface area contributed by atoms with E-state index in [-0.39, 0.29) is 16.9 Å². The van der Waals surface area contributed by atoms with Crippen LogP contribution in [0.5, 0.6) is 0 Å². The highest BCUT2D eigenvalue weighted by molar-refractivity contribution is 7.19. The molecule has 0 fully saturated rings. The van der Waals surface area contributed by atoms with Crippen LogP contribution in [0.1, 0.15) is 19.6 Å². The number of furan rings is 1. The zero-order valence-corrected chi connectivity index (χ0v) is 13.6. The van der Waals surface area contributed by atoms with E-state index in [1.165, 1.54) is 0 Å². The molecule has 2 heterocycles. The molecular formula is C17H14N4OS. The van der Waals surface area contributed by atoms with Gasteiger partial charge >= 0.3 is 0 Å². The van der Waals surface area contributed by atoms with Gasteiger partial charge in [-0.3, -0.25) is 0 Å². The van der Waals surface area contributed by atoms with Gasteiger partial charge < -0.3 is 9.32 Å². The van der Waals surface area contributed by atoms with E-state index in [4.69, 9.17) is 20.2 Å². The van der Waals surface area contributed by atoms with Crippen molar-refractivity contribution in [3.63, 3.8) is 0 Å². The summed E-state index contributed by atoms with van der Waals surface area (Å²) in [6.45, 7) is 6.05. The van der Waals surface area contributed by atoms with Gasteiger partial charge in [-0.1, -0.05) is 0 Å². The summed E-state index contributed by atoms with van der Waals surface area (Å²) in [5, 5.41) is 28.1. The van der Waals surface area contributed by atoms with Gasteiger partial charge in [-0.25, -0.2) is 0 Å². The smallest absolute Gasteiger partial charge is 0.151 e. The van der Waals surface area contributed by atoms with Crippen LogP contribution in [0.15, 0.2) is 34.3 Å². The van der Waals surface area contributed by atoms with Crippen molar-refractivity contribution < 1.29 is 4.42 Å². The molecule has 2 aromatic heterocycles. The van der Waals surface area contributed by atoms with E-state index in [1.54, 1.807) is 35.6 Å². The molecule has 2 aromatic rings. The second-order valence-electron chi connectivity index (χ2n) is 4.56. The first-order valence-electron chi connectivity index (χ1n) is 7.08. The van der Waals surface area contributed by atoms with Crippen molar-refractivity contribution in [2.45, 2.75) is 13.8 Å². The Kier molecular flexibility index (Phi) is 5.20. The number of rotatable bonds is 5. The summed E-state index contributed by atoms with van der Waals surface area (Å²) >= 11 is 1.60. The third kappa shape index (κ3) is 3.26. The summed E-state index contributed by atoms with van der Waals surface area (Å²) in [5.74, 6) is 0.852. The van der Waals surface area contributed by atoms with Gasteiger partial charge in [0.15, 0.2) is 5.57 Å². The van der Waals surface area contributed by atoms with Crippen LogP contribution in [0.3, 0.4) is 0 Å². The quantitative estimate of drug-likeness (QED) is 0.770. The summed E-state index contributed by atoms with van der Waals surface area (Å²) in [4.78, 5) is 3.17. The second-order valence-corrected chi connectivity index (χ2v) is 5.62. The highest BCUT2D eigenvalue weighted by Gasteiger charge is 2.15. The summed E-state index contributed by atoms with van der Waals surface area (Å²) in [6, 6.07) is 12.7. The Bertz CT molecular complexity index is 834. The van der Waals surface area contributed by atoms with Gasteiger partial charge in [-0.15, -0.1) is 11.3 Å². The Balaban J connectivity index is 2.38. The van der Waals surface area contributed by atoms with Crippen molar-refractivity contribution in [2.24, 2.45) is 0 Å². The van der Waals surface area contributed by atoms with Crippen molar-refractivity contribution in [3.8, 4) is 28.8 Å². The number of anilines is 1. The van der Waals surface area contributed by atoms with E-state index in [9.17, 15) is 0 Å². The average Bonchev–Trinajstić information content (AvgIpc) is 3.23. The van der Waals surface area contributed by atoms with Gasteiger partial charge in [0, 0.05) is 13.1 Å². The lowest BCUT2D eigenvalue weighted by atomic mass is 10.1. The lowest BCUT2D eigenvalue weighted by Gasteiger charge is -2.17. The monoisotopic (exact) mass is 322 g/mol. The van der Waals surface area contributed by atoms with Crippen molar-refractivity contribution in [1.29, 1.82) is 15.8 Å². The minimum Gasteiger partial charge on any atom is -0.454 e. The van der Waals surface area contributed by atoms with Crippen LogP contribution in [0.25, 0.3) is 16.2 Å². The first-order chi connectivity index (χ1) is 11.2. The van der Waals surface area contributed by atoms with E-state index >= 15 is 0 Å². The molecule has 0 N–H and O–H groups in total. The van der Waals surface area contributed by atoms with E-state index < -0.39 is 0 Å². The minimum atomic E-state index is -0.247. The molecule has 0 atom stereocenters. The molecular weight excluding hydrogens is 308 g/mol. The topological polar surface area (TPSA) is 87.8 Å². The van der Waals surface area contributed by atoms with Gasteiger partial charge in [0.1, 0.15) is 35.3 Å². The van der Waals surface area contributed by atoms with Gasteiger partial charge in [0.25, 0.3) is 0 Å². The van der Waals surface area contributed by atoms with Crippen LogP contribution in [0, 0.1) is 34.0 Å². The van der Waals surface area contributed by atoms with Crippen molar-refractivity contribution in [3.05, 3.63) is 35.6 Å². The summed E-state index contributed by atoms with van der Waals surface area (Å²) in [6.07, 6.45) is 0. The molecule has 0 unspecified atom stereocenters. The van der Waals surface area contributed by atoms with Gasteiger partial charge in [-0.2, -0.15) is 15.8 Å². The number of hydrogen-bond donors (Lipinski definition) is 0.